The van der Waals surface area contributed by atoms with E-state index in [-0.39, 0.29) is 12.5 Å². The molecule has 4 rings (SSSR count). The predicted octanol–water partition coefficient (Wildman–Crippen LogP) is 0.681. The number of rotatable bonds is 4. The van der Waals surface area contributed by atoms with Crippen LogP contribution in [0, 0.1) is 0 Å². The first-order valence-electron chi connectivity index (χ1n) is 8.38. The number of hydrogen-bond acceptors (Lipinski definition) is 5. The summed E-state index contributed by atoms with van der Waals surface area (Å²) in [4.78, 5) is 14.4. The van der Waals surface area contributed by atoms with E-state index >= 15 is 0 Å². The highest BCUT2D eigenvalue weighted by Gasteiger charge is 2.36. The van der Waals surface area contributed by atoms with Crippen molar-refractivity contribution in [1.82, 2.24) is 29.7 Å². The van der Waals surface area contributed by atoms with Crippen LogP contribution in [0.4, 0.5) is 0 Å². The van der Waals surface area contributed by atoms with E-state index in [1.165, 1.54) is 0 Å². The Morgan fingerprint density at radius 1 is 1.32 bits per heavy atom. The number of aromatic nitrogens is 5. The van der Waals surface area contributed by atoms with Crippen LogP contribution >= 0.6 is 0 Å². The van der Waals surface area contributed by atoms with Crippen molar-refractivity contribution in [3.8, 4) is 0 Å². The van der Waals surface area contributed by atoms with E-state index in [1.54, 1.807) is 32.9 Å². The van der Waals surface area contributed by atoms with Crippen molar-refractivity contribution in [1.29, 1.82) is 0 Å². The Morgan fingerprint density at radius 2 is 2.20 bits per heavy atom. The number of carbonyl (C=O) groups excluding carboxylic acids is 1. The van der Waals surface area contributed by atoms with Crippen molar-refractivity contribution < 1.29 is 9.90 Å². The molecule has 8 heteroatoms. The fourth-order valence-electron chi connectivity index (χ4n) is 3.45. The van der Waals surface area contributed by atoms with Gasteiger partial charge in [-0.2, -0.15) is 5.10 Å². The average molecular weight is 340 g/mol. The van der Waals surface area contributed by atoms with Crippen LogP contribution in [0.1, 0.15) is 12.8 Å². The summed E-state index contributed by atoms with van der Waals surface area (Å²) >= 11 is 0. The van der Waals surface area contributed by atoms with E-state index in [4.69, 9.17) is 0 Å². The quantitative estimate of drug-likeness (QED) is 0.754. The Balaban J connectivity index is 1.46. The fourth-order valence-corrected chi connectivity index (χ4v) is 3.45. The third-order valence-corrected chi connectivity index (χ3v) is 4.67. The fraction of sp³-hybridized carbons (Fsp3) is 0.412. The summed E-state index contributed by atoms with van der Waals surface area (Å²) in [5.74, 6) is -0.0365. The second kappa shape index (κ2) is 6.29. The lowest BCUT2D eigenvalue weighted by molar-refractivity contribution is -0.140. The highest BCUT2D eigenvalue weighted by Crippen LogP contribution is 2.23. The van der Waals surface area contributed by atoms with Crippen molar-refractivity contribution >= 4 is 16.8 Å². The summed E-state index contributed by atoms with van der Waals surface area (Å²) in [6.45, 7) is 1.46. The summed E-state index contributed by atoms with van der Waals surface area (Å²) in [7, 11) is 0. The first kappa shape index (κ1) is 15.8. The Hall–Kier alpha value is -2.74. The standard InChI is InChI=1S/C17H20N6O2/c24-16(11-23-15-5-2-1-4-14(15)10-19-23)21-8-3-6-17(25,12-21)13-22-9-7-18-20-22/h1-2,4-5,7,9-10,25H,3,6,8,11-13H2. The third kappa shape index (κ3) is 3.25. The molecule has 0 bridgehead atoms. The van der Waals surface area contributed by atoms with E-state index in [0.717, 1.165) is 17.3 Å². The molecular formula is C17H20N6O2. The maximum Gasteiger partial charge on any atom is 0.244 e. The highest BCUT2D eigenvalue weighted by atomic mass is 16.3. The Labute approximate surface area is 144 Å². The van der Waals surface area contributed by atoms with Gasteiger partial charge in [0.25, 0.3) is 0 Å². The number of β-amino-alcohol motifs (C(OH)–C–C–N with tert-alkyl or cyclic N) is 1. The summed E-state index contributed by atoms with van der Waals surface area (Å²) < 4.78 is 3.32. The van der Waals surface area contributed by atoms with E-state index in [2.05, 4.69) is 15.4 Å². The minimum Gasteiger partial charge on any atom is -0.386 e. The van der Waals surface area contributed by atoms with Gasteiger partial charge in [0.15, 0.2) is 0 Å². The molecule has 1 atom stereocenters. The van der Waals surface area contributed by atoms with Gasteiger partial charge in [0.05, 0.1) is 31.0 Å². The molecule has 130 valence electrons. The van der Waals surface area contributed by atoms with E-state index in [1.807, 2.05) is 24.3 Å². The minimum absolute atomic E-state index is 0.0365. The molecule has 0 spiro atoms. The number of carbonyl (C=O) groups is 1. The van der Waals surface area contributed by atoms with Gasteiger partial charge in [-0.15, -0.1) is 5.10 Å². The summed E-state index contributed by atoms with van der Waals surface area (Å²) in [6.07, 6.45) is 6.46. The molecule has 0 radical (unpaired) electrons. The molecule has 1 saturated heterocycles. The molecular weight excluding hydrogens is 320 g/mol. The Morgan fingerprint density at radius 3 is 3.04 bits per heavy atom. The Kier molecular flexibility index (Phi) is 3.96. The smallest absolute Gasteiger partial charge is 0.244 e. The van der Waals surface area contributed by atoms with Gasteiger partial charge < -0.3 is 10.0 Å². The summed E-state index contributed by atoms with van der Waals surface area (Å²) in [6, 6.07) is 7.81. The molecule has 1 amide bonds. The first-order valence-corrected chi connectivity index (χ1v) is 8.38. The number of aliphatic hydroxyl groups is 1. The van der Waals surface area contributed by atoms with Crippen LogP contribution in [0.3, 0.4) is 0 Å². The molecule has 0 saturated carbocycles. The van der Waals surface area contributed by atoms with Crippen LogP contribution < -0.4 is 0 Å². The summed E-state index contributed by atoms with van der Waals surface area (Å²) in [5.41, 5.74) is -0.0425. The third-order valence-electron chi connectivity index (χ3n) is 4.67. The number of amides is 1. The summed E-state index contributed by atoms with van der Waals surface area (Å²) in [5, 5.41) is 23.8. The topological polar surface area (TPSA) is 89.1 Å². The van der Waals surface area contributed by atoms with Gasteiger partial charge in [0, 0.05) is 18.1 Å². The lowest BCUT2D eigenvalue weighted by Crippen LogP contribution is -2.53. The zero-order chi connectivity index (χ0) is 17.3. The average Bonchev–Trinajstić information content (AvgIpc) is 3.25. The van der Waals surface area contributed by atoms with E-state index in [0.29, 0.717) is 26.1 Å². The number of hydrogen-bond donors (Lipinski definition) is 1. The first-order chi connectivity index (χ1) is 12.1. The molecule has 1 N–H and O–H groups in total. The van der Waals surface area contributed by atoms with Gasteiger partial charge in [0.1, 0.15) is 12.1 Å². The number of benzene rings is 1. The molecule has 2 aromatic heterocycles. The van der Waals surface area contributed by atoms with Crippen molar-refractivity contribution in [2.75, 3.05) is 13.1 Å². The molecule has 25 heavy (non-hydrogen) atoms. The largest absolute Gasteiger partial charge is 0.386 e. The Bertz CT molecular complexity index is 874. The SMILES string of the molecule is O=C(Cn1ncc2ccccc21)N1CCCC(O)(Cn2ccnn2)C1. The second-order valence-electron chi connectivity index (χ2n) is 6.60. The monoisotopic (exact) mass is 340 g/mol. The maximum absolute atomic E-state index is 12.7. The molecule has 1 unspecified atom stereocenters. The number of piperidine rings is 1. The van der Waals surface area contributed by atoms with Crippen LogP contribution in [-0.4, -0.2) is 59.4 Å². The normalized spacial score (nSPS) is 20.9. The molecule has 1 aliphatic heterocycles. The molecule has 1 aliphatic rings. The molecule has 1 fully saturated rings. The second-order valence-corrected chi connectivity index (χ2v) is 6.60. The number of nitrogens with zero attached hydrogens (tertiary/aromatic N) is 6. The van der Waals surface area contributed by atoms with Gasteiger partial charge in [-0.1, -0.05) is 23.4 Å². The van der Waals surface area contributed by atoms with Gasteiger partial charge in [0.2, 0.25) is 5.91 Å². The van der Waals surface area contributed by atoms with Crippen LogP contribution in [0.5, 0.6) is 0 Å². The predicted molar refractivity (Wildman–Crippen MR) is 90.5 cm³/mol. The zero-order valence-electron chi connectivity index (χ0n) is 13.8. The molecule has 8 nitrogen and oxygen atoms in total. The molecule has 3 aromatic rings. The lowest BCUT2D eigenvalue weighted by atomic mass is 9.92. The van der Waals surface area contributed by atoms with Crippen molar-refractivity contribution in [3.63, 3.8) is 0 Å². The van der Waals surface area contributed by atoms with Gasteiger partial charge in [-0.3, -0.25) is 9.48 Å². The molecule has 3 heterocycles. The van der Waals surface area contributed by atoms with Gasteiger partial charge in [-0.05, 0) is 18.9 Å². The van der Waals surface area contributed by atoms with E-state index < -0.39 is 5.60 Å². The maximum atomic E-state index is 12.7. The number of likely N-dealkylation sites (tertiary alicyclic amines) is 1. The molecule has 1 aromatic carbocycles. The van der Waals surface area contributed by atoms with Crippen LogP contribution in [0.25, 0.3) is 10.9 Å². The van der Waals surface area contributed by atoms with Crippen molar-refractivity contribution in [2.24, 2.45) is 0 Å². The van der Waals surface area contributed by atoms with Gasteiger partial charge >= 0.3 is 0 Å². The zero-order valence-corrected chi connectivity index (χ0v) is 13.8. The van der Waals surface area contributed by atoms with Crippen LogP contribution in [0.15, 0.2) is 42.9 Å². The molecule has 0 aliphatic carbocycles. The lowest BCUT2D eigenvalue weighted by Gasteiger charge is -2.39. The minimum atomic E-state index is -0.978. The number of fused-ring (bicyclic) bond motifs is 1. The van der Waals surface area contributed by atoms with Crippen molar-refractivity contribution in [2.45, 2.75) is 31.5 Å². The van der Waals surface area contributed by atoms with Crippen molar-refractivity contribution in [3.05, 3.63) is 42.9 Å². The van der Waals surface area contributed by atoms with Crippen LogP contribution in [-0.2, 0) is 17.9 Å². The number of para-hydroxylation sites is 1. The van der Waals surface area contributed by atoms with Crippen LogP contribution in [0.2, 0.25) is 0 Å². The van der Waals surface area contributed by atoms with Gasteiger partial charge in [-0.25, -0.2) is 4.68 Å². The van der Waals surface area contributed by atoms with E-state index in [9.17, 15) is 9.90 Å². The highest BCUT2D eigenvalue weighted by molar-refractivity contribution is 5.82.